The third-order valence-corrected chi connectivity index (χ3v) is 2.03. The first-order valence-electron chi connectivity index (χ1n) is 5.26. The van der Waals surface area contributed by atoms with Crippen molar-refractivity contribution < 1.29 is 8.78 Å². The SMILES string of the molecule is CC(C)(C)NCC=Cc1c(F)cccc1F. The minimum atomic E-state index is -0.535. The van der Waals surface area contributed by atoms with Crippen molar-refractivity contribution in [3.63, 3.8) is 0 Å². The zero-order chi connectivity index (χ0) is 12.2. The van der Waals surface area contributed by atoms with Crippen molar-refractivity contribution in [2.45, 2.75) is 26.3 Å². The predicted octanol–water partition coefficient (Wildman–Crippen LogP) is 3.37. The Morgan fingerprint density at radius 1 is 1.19 bits per heavy atom. The Balaban J connectivity index is 2.63. The van der Waals surface area contributed by atoms with Crippen molar-refractivity contribution in [3.8, 4) is 0 Å². The van der Waals surface area contributed by atoms with E-state index in [1.54, 1.807) is 6.08 Å². The van der Waals surface area contributed by atoms with E-state index >= 15 is 0 Å². The predicted molar refractivity (Wildman–Crippen MR) is 63.1 cm³/mol. The van der Waals surface area contributed by atoms with Crippen molar-refractivity contribution in [1.82, 2.24) is 5.32 Å². The van der Waals surface area contributed by atoms with Crippen LogP contribution in [0.2, 0.25) is 0 Å². The monoisotopic (exact) mass is 225 g/mol. The highest BCUT2D eigenvalue weighted by Gasteiger charge is 2.07. The first-order chi connectivity index (χ1) is 7.40. The lowest BCUT2D eigenvalue weighted by atomic mass is 10.1. The molecule has 88 valence electrons. The summed E-state index contributed by atoms with van der Waals surface area (Å²) in [5.74, 6) is -1.07. The molecule has 0 aliphatic rings. The van der Waals surface area contributed by atoms with Crippen molar-refractivity contribution in [2.75, 3.05) is 6.54 Å². The topological polar surface area (TPSA) is 12.0 Å². The van der Waals surface area contributed by atoms with Gasteiger partial charge in [-0.1, -0.05) is 18.2 Å². The van der Waals surface area contributed by atoms with E-state index in [4.69, 9.17) is 0 Å². The molecule has 1 N–H and O–H groups in total. The van der Waals surface area contributed by atoms with Crippen molar-refractivity contribution >= 4 is 6.08 Å². The molecule has 16 heavy (non-hydrogen) atoms. The molecule has 0 heterocycles. The molecule has 0 spiro atoms. The Bertz CT molecular complexity index is 358. The average Bonchev–Trinajstić information content (AvgIpc) is 2.14. The van der Waals surface area contributed by atoms with Gasteiger partial charge in [-0.2, -0.15) is 0 Å². The molecular formula is C13H17F2N. The number of hydrogen-bond acceptors (Lipinski definition) is 1. The van der Waals surface area contributed by atoms with Gasteiger partial charge in [-0.3, -0.25) is 0 Å². The number of halogens is 2. The third-order valence-electron chi connectivity index (χ3n) is 2.03. The summed E-state index contributed by atoms with van der Waals surface area (Å²) in [6, 6.07) is 3.86. The van der Waals surface area contributed by atoms with Gasteiger partial charge in [0.2, 0.25) is 0 Å². The van der Waals surface area contributed by atoms with Crippen LogP contribution in [0.3, 0.4) is 0 Å². The third kappa shape index (κ3) is 4.11. The summed E-state index contributed by atoms with van der Waals surface area (Å²) in [7, 11) is 0. The highest BCUT2D eigenvalue weighted by atomic mass is 19.1. The molecule has 0 saturated carbocycles. The summed E-state index contributed by atoms with van der Waals surface area (Å²) in [5, 5.41) is 3.20. The molecule has 0 fully saturated rings. The Morgan fingerprint density at radius 3 is 2.25 bits per heavy atom. The molecule has 0 unspecified atom stereocenters. The highest BCUT2D eigenvalue weighted by molar-refractivity contribution is 5.50. The maximum atomic E-state index is 13.2. The first-order valence-corrected chi connectivity index (χ1v) is 5.26. The molecule has 0 atom stereocenters. The van der Waals surface area contributed by atoms with Crippen molar-refractivity contribution in [1.29, 1.82) is 0 Å². The van der Waals surface area contributed by atoms with E-state index in [9.17, 15) is 8.78 Å². The smallest absolute Gasteiger partial charge is 0.133 e. The molecule has 0 aromatic heterocycles. The fourth-order valence-corrected chi connectivity index (χ4v) is 1.21. The van der Waals surface area contributed by atoms with E-state index in [-0.39, 0.29) is 11.1 Å². The molecule has 1 aromatic rings. The summed E-state index contributed by atoms with van der Waals surface area (Å²) in [5.41, 5.74) is 0.0104. The van der Waals surface area contributed by atoms with Gasteiger partial charge in [0.25, 0.3) is 0 Å². The standard InChI is InChI=1S/C13H17F2N/c1-13(2,3)16-9-5-6-10-11(14)7-4-8-12(10)15/h4-8,16H,9H2,1-3H3. The fraction of sp³-hybridized carbons (Fsp3) is 0.385. The van der Waals surface area contributed by atoms with Crippen LogP contribution in [0.25, 0.3) is 6.08 Å². The van der Waals surface area contributed by atoms with Gasteiger partial charge in [-0.15, -0.1) is 0 Å². The largest absolute Gasteiger partial charge is 0.309 e. The normalized spacial score (nSPS) is 12.3. The number of hydrogen-bond donors (Lipinski definition) is 1. The van der Waals surface area contributed by atoms with Crippen LogP contribution in [-0.4, -0.2) is 12.1 Å². The molecule has 0 radical (unpaired) electrons. The van der Waals surface area contributed by atoms with E-state index < -0.39 is 11.6 Å². The first kappa shape index (κ1) is 12.8. The van der Waals surface area contributed by atoms with Gasteiger partial charge in [-0.05, 0) is 32.9 Å². The van der Waals surface area contributed by atoms with Crippen molar-refractivity contribution in [3.05, 3.63) is 41.5 Å². The maximum Gasteiger partial charge on any atom is 0.133 e. The summed E-state index contributed by atoms with van der Waals surface area (Å²) in [4.78, 5) is 0. The quantitative estimate of drug-likeness (QED) is 0.831. The zero-order valence-electron chi connectivity index (χ0n) is 9.85. The maximum absolute atomic E-state index is 13.2. The van der Waals surface area contributed by atoms with E-state index in [1.807, 2.05) is 20.8 Å². The van der Waals surface area contributed by atoms with Gasteiger partial charge in [0.15, 0.2) is 0 Å². The molecule has 1 rings (SSSR count). The Kier molecular flexibility index (Phi) is 4.19. The van der Waals surface area contributed by atoms with Gasteiger partial charge in [-0.25, -0.2) is 8.78 Å². The number of nitrogens with one attached hydrogen (secondary N) is 1. The summed E-state index contributed by atoms with van der Waals surface area (Å²) >= 11 is 0. The fourth-order valence-electron chi connectivity index (χ4n) is 1.21. The molecular weight excluding hydrogens is 208 g/mol. The molecule has 0 aliphatic heterocycles. The highest BCUT2D eigenvalue weighted by Crippen LogP contribution is 2.13. The second kappa shape index (κ2) is 5.21. The molecule has 1 nitrogen and oxygen atoms in total. The second-order valence-electron chi connectivity index (χ2n) is 4.67. The lowest BCUT2D eigenvalue weighted by Crippen LogP contribution is -2.35. The van der Waals surface area contributed by atoms with Crippen LogP contribution in [0, 0.1) is 11.6 Å². The van der Waals surface area contributed by atoms with E-state index in [2.05, 4.69) is 5.32 Å². The minimum Gasteiger partial charge on any atom is -0.309 e. The summed E-state index contributed by atoms with van der Waals surface area (Å²) in [6.07, 6.45) is 3.18. The van der Waals surface area contributed by atoms with Crippen LogP contribution in [0.1, 0.15) is 26.3 Å². The van der Waals surface area contributed by atoms with Gasteiger partial charge >= 0.3 is 0 Å². The Morgan fingerprint density at radius 2 is 1.75 bits per heavy atom. The van der Waals surface area contributed by atoms with Crippen LogP contribution in [0.5, 0.6) is 0 Å². The summed E-state index contributed by atoms with van der Waals surface area (Å²) < 4.78 is 26.4. The van der Waals surface area contributed by atoms with E-state index in [0.717, 1.165) is 0 Å². The number of benzene rings is 1. The van der Waals surface area contributed by atoms with E-state index in [0.29, 0.717) is 6.54 Å². The van der Waals surface area contributed by atoms with Gasteiger partial charge in [0, 0.05) is 17.6 Å². The molecule has 1 aromatic carbocycles. The van der Waals surface area contributed by atoms with Crippen LogP contribution in [0.4, 0.5) is 8.78 Å². The van der Waals surface area contributed by atoms with Gasteiger partial charge in [0.1, 0.15) is 11.6 Å². The Hall–Kier alpha value is -1.22. The molecule has 0 bridgehead atoms. The molecule has 0 saturated heterocycles. The molecule has 0 amide bonds. The minimum absolute atomic E-state index is 0.00187. The van der Waals surface area contributed by atoms with E-state index in [1.165, 1.54) is 24.3 Å². The molecule has 3 heteroatoms. The van der Waals surface area contributed by atoms with Gasteiger partial charge < -0.3 is 5.32 Å². The number of rotatable bonds is 3. The summed E-state index contributed by atoms with van der Waals surface area (Å²) in [6.45, 7) is 6.68. The van der Waals surface area contributed by atoms with Crippen LogP contribution >= 0.6 is 0 Å². The second-order valence-corrected chi connectivity index (χ2v) is 4.67. The Labute approximate surface area is 95.2 Å². The lowest BCUT2D eigenvalue weighted by molar-refractivity contribution is 0.450. The van der Waals surface area contributed by atoms with Crippen LogP contribution < -0.4 is 5.32 Å². The molecule has 0 aliphatic carbocycles. The van der Waals surface area contributed by atoms with Gasteiger partial charge in [0.05, 0.1) is 0 Å². The van der Waals surface area contributed by atoms with Crippen LogP contribution in [-0.2, 0) is 0 Å². The van der Waals surface area contributed by atoms with Crippen molar-refractivity contribution in [2.24, 2.45) is 0 Å². The average molecular weight is 225 g/mol. The van der Waals surface area contributed by atoms with Crippen LogP contribution in [0.15, 0.2) is 24.3 Å². The zero-order valence-corrected chi connectivity index (χ0v) is 9.85. The lowest BCUT2D eigenvalue weighted by Gasteiger charge is -2.18.